The van der Waals surface area contributed by atoms with E-state index in [-0.39, 0.29) is 57.4 Å². The van der Waals surface area contributed by atoms with E-state index < -0.39 is 5.97 Å². The quantitative estimate of drug-likeness (QED) is 0.245. The summed E-state index contributed by atoms with van der Waals surface area (Å²) in [5.41, 5.74) is 3.91. The van der Waals surface area contributed by atoms with Crippen molar-refractivity contribution in [2.45, 2.75) is 22.6 Å². The van der Waals surface area contributed by atoms with Gasteiger partial charge in [-0.15, -0.1) is 11.8 Å². The van der Waals surface area contributed by atoms with Crippen LogP contribution in [0.15, 0.2) is 88.7 Å². The molecule has 9 heteroatoms. The normalized spacial score (nSPS) is 28.9. The fourth-order valence-electron chi connectivity index (χ4n) is 8.05. The first-order valence-electron chi connectivity index (χ1n) is 14.1. The van der Waals surface area contributed by atoms with Gasteiger partial charge in [0, 0.05) is 16.0 Å². The van der Waals surface area contributed by atoms with Gasteiger partial charge in [0.05, 0.1) is 35.2 Å². The maximum Gasteiger partial charge on any atom is 0.337 e. The van der Waals surface area contributed by atoms with E-state index in [1.165, 1.54) is 23.3 Å². The molecule has 1 N–H and O–H groups in total. The smallest absolute Gasteiger partial charge is 0.337 e. The van der Waals surface area contributed by atoms with Gasteiger partial charge in [-0.25, -0.2) is 4.79 Å². The molecule has 3 aromatic carbocycles. The molecule has 2 aliphatic carbocycles. The molecule has 2 saturated carbocycles. The van der Waals surface area contributed by atoms with Gasteiger partial charge in [-0.2, -0.15) is 0 Å². The first kappa shape index (κ1) is 25.7. The van der Waals surface area contributed by atoms with Crippen LogP contribution in [-0.2, 0) is 14.3 Å². The molecule has 7 atom stereocenters. The van der Waals surface area contributed by atoms with Gasteiger partial charge in [-0.1, -0.05) is 65.9 Å². The third-order valence-corrected chi connectivity index (χ3v) is 12.2. The zero-order chi connectivity index (χ0) is 28.7. The lowest BCUT2D eigenvalue weighted by Gasteiger charge is -2.43. The second-order valence-electron chi connectivity index (χ2n) is 11.5. The Morgan fingerprint density at radius 2 is 1.62 bits per heavy atom. The molecule has 2 aliphatic heterocycles. The summed E-state index contributed by atoms with van der Waals surface area (Å²) in [6.45, 7) is 0. The molecule has 2 amide bonds. The fourth-order valence-corrected chi connectivity index (χ4v) is 10.9. The van der Waals surface area contributed by atoms with Crippen LogP contribution in [0.3, 0.4) is 0 Å². The van der Waals surface area contributed by atoms with Crippen molar-refractivity contribution in [2.24, 2.45) is 29.6 Å². The van der Waals surface area contributed by atoms with Crippen molar-refractivity contribution >= 4 is 46.6 Å². The number of thioether (sulfide) groups is 1. The number of aromatic nitrogens is 1. The number of hydrogen-bond acceptors (Lipinski definition) is 7. The number of rotatable bonds is 4. The predicted octanol–water partition coefficient (Wildman–Crippen LogP) is 5.57. The van der Waals surface area contributed by atoms with Crippen LogP contribution in [0, 0.1) is 29.6 Å². The lowest BCUT2D eigenvalue weighted by atomic mass is 9.68. The van der Waals surface area contributed by atoms with Crippen LogP contribution in [0.5, 0.6) is 0 Å². The minimum absolute atomic E-state index is 0.0318. The van der Waals surface area contributed by atoms with Crippen LogP contribution in [-0.4, -0.2) is 35.1 Å². The molecule has 1 aromatic heterocycles. The Balaban J connectivity index is 1.12. The van der Waals surface area contributed by atoms with E-state index in [0.29, 0.717) is 11.3 Å². The molecule has 7 nitrogen and oxygen atoms in total. The summed E-state index contributed by atoms with van der Waals surface area (Å²) in [7, 11) is 1.35. The number of methoxy groups -OCH3 is 1. The molecule has 210 valence electrons. The summed E-state index contributed by atoms with van der Waals surface area (Å²) in [5, 5.41) is 1.09. The van der Waals surface area contributed by atoms with Gasteiger partial charge < -0.3 is 9.72 Å². The topological polar surface area (TPSA) is 96.5 Å². The first-order chi connectivity index (χ1) is 20.4. The minimum atomic E-state index is -0.405. The van der Waals surface area contributed by atoms with E-state index in [2.05, 4.69) is 17.1 Å². The number of anilines is 1. The Hall–Kier alpha value is -3.95. The Kier molecular flexibility index (Phi) is 5.84. The van der Waals surface area contributed by atoms with Crippen molar-refractivity contribution in [1.29, 1.82) is 0 Å². The number of benzene rings is 3. The maximum absolute atomic E-state index is 14.1. The van der Waals surface area contributed by atoms with E-state index in [1.807, 2.05) is 48.5 Å². The van der Waals surface area contributed by atoms with Gasteiger partial charge in [0.25, 0.3) is 0 Å². The molecule has 0 unspecified atom stereocenters. The summed E-state index contributed by atoms with van der Waals surface area (Å²) in [4.78, 5) is 57.9. The van der Waals surface area contributed by atoms with Crippen molar-refractivity contribution < 1.29 is 19.1 Å². The van der Waals surface area contributed by atoms with Gasteiger partial charge in [0.1, 0.15) is 0 Å². The van der Waals surface area contributed by atoms with Crippen molar-refractivity contribution in [3.63, 3.8) is 0 Å². The molecule has 2 bridgehead atoms. The number of carbonyl (C=O) groups is 3. The molecule has 0 spiro atoms. The third kappa shape index (κ3) is 3.66. The number of aromatic amines is 1. The van der Waals surface area contributed by atoms with Gasteiger partial charge >= 0.3 is 10.8 Å². The largest absolute Gasteiger partial charge is 0.465 e. The monoisotopic (exact) mass is 594 g/mol. The summed E-state index contributed by atoms with van der Waals surface area (Å²) in [5.74, 6) is -0.931. The number of thiazole rings is 1. The average Bonchev–Trinajstić information content (AvgIpc) is 3.76. The van der Waals surface area contributed by atoms with Crippen molar-refractivity contribution in [3.05, 3.63) is 105 Å². The zero-order valence-electron chi connectivity index (χ0n) is 22.6. The van der Waals surface area contributed by atoms with E-state index in [4.69, 9.17) is 4.74 Å². The highest BCUT2D eigenvalue weighted by Gasteiger charge is 2.69. The number of nitrogens with one attached hydrogen (secondary N) is 1. The number of imide groups is 1. The number of carbonyl (C=O) groups excluding carboxylic acids is 3. The SMILES string of the molecule is COC(=O)c1cccc(-c2ccc(N3C(=O)[C@@H]4[C@H]5C[C@H]([C@@H]6Sc7[nH]c(=O)sc7[C@@H](c7ccccc7)[C@H]56)[C@@H]4C3=O)cc2)c1. The third-order valence-electron chi connectivity index (χ3n) is 9.63. The number of nitrogens with zero attached hydrogens (tertiary/aromatic N) is 1. The Morgan fingerprint density at radius 1 is 0.881 bits per heavy atom. The number of hydrogen-bond donors (Lipinski definition) is 1. The summed E-state index contributed by atoms with van der Waals surface area (Å²) in [6.07, 6.45) is 0.862. The number of esters is 1. The van der Waals surface area contributed by atoms with Crippen molar-refractivity contribution in [1.82, 2.24) is 4.98 Å². The molecule has 4 aromatic rings. The van der Waals surface area contributed by atoms with Crippen molar-refractivity contribution in [3.8, 4) is 11.1 Å². The van der Waals surface area contributed by atoms with E-state index in [1.54, 1.807) is 30.0 Å². The molecule has 4 aliphatic rings. The molecule has 8 rings (SSSR count). The highest BCUT2D eigenvalue weighted by molar-refractivity contribution is 8.00. The lowest BCUT2D eigenvalue weighted by molar-refractivity contribution is -0.123. The number of amides is 2. The van der Waals surface area contributed by atoms with Crippen LogP contribution in [0.4, 0.5) is 5.69 Å². The second-order valence-corrected chi connectivity index (χ2v) is 13.7. The molecule has 42 heavy (non-hydrogen) atoms. The van der Waals surface area contributed by atoms with Crippen LogP contribution < -0.4 is 9.77 Å². The standard InChI is InChI=1S/C33H26N2O5S2/c1-40-32(38)19-9-5-8-18(14-19)16-10-12-20(13-11-16)35-30(36)25-21-15-22(26(25)31(35)37)27-24(21)23(17-6-3-2-4-7-17)28-29(41-27)34-33(39)42-28/h2-14,21-27H,15H2,1H3,(H,34,39)/t21-,22-,23-,24-,25+,26-,27-/m0/s1. The molecule has 0 radical (unpaired) electrons. The van der Waals surface area contributed by atoms with Crippen LogP contribution in [0.2, 0.25) is 0 Å². The number of H-pyrrole nitrogens is 1. The Morgan fingerprint density at radius 3 is 2.36 bits per heavy atom. The van der Waals surface area contributed by atoms with Gasteiger partial charge in [0.15, 0.2) is 0 Å². The molecular formula is C33H26N2O5S2. The fraction of sp³-hybridized carbons (Fsp3) is 0.273. The number of ether oxygens (including phenoxy) is 1. The van der Waals surface area contributed by atoms with Crippen LogP contribution >= 0.6 is 23.1 Å². The van der Waals surface area contributed by atoms with Crippen LogP contribution in [0.25, 0.3) is 11.1 Å². The van der Waals surface area contributed by atoms with E-state index in [0.717, 1.165) is 33.0 Å². The Labute approximate surface area is 249 Å². The molecule has 3 fully saturated rings. The molecule has 1 saturated heterocycles. The number of fused-ring (bicyclic) bond motifs is 9. The predicted molar refractivity (Wildman–Crippen MR) is 161 cm³/mol. The highest BCUT2D eigenvalue weighted by atomic mass is 32.2. The molecule has 3 heterocycles. The maximum atomic E-state index is 14.1. The van der Waals surface area contributed by atoms with Gasteiger partial charge in [-0.05, 0) is 65.1 Å². The summed E-state index contributed by atoms with van der Waals surface area (Å²) >= 11 is 2.98. The zero-order valence-corrected chi connectivity index (χ0v) is 24.2. The second kappa shape index (κ2) is 9.54. The van der Waals surface area contributed by atoms with Crippen LogP contribution in [0.1, 0.15) is 33.1 Å². The van der Waals surface area contributed by atoms with E-state index >= 15 is 0 Å². The summed E-state index contributed by atoms with van der Waals surface area (Å²) in [6, 6.07) is 24.8. The first-order valence-corrected chi connectivity index (χ1v) is 15.8. The van der Waals surface area contributed by atoms with E-state index in [9.17, 15) is 19.2 Å². The molecular weight excluding hydrogens is 569 g/mol. The minimum Gasteiger partial charge on any atom is -0.465 e. The average molecular weight is 595 g/mol. The highest BCUT2D eigenvalue weighted by Crippen LogP contribution is 2.68. The van der Waals surface area contributed by atoms with Gasteiger partial charge in [0.2, 0.25) is 11.8 Å². The Bertz CT molecular complexity index is 1810. The van der Waals surface area contributed by atoms with Gasteiger partial charge in [-0.3, -0.25) is 19.3 Å². The van der Waals surface area contributed by atoms with Crippen molar-refractivity contribution in [2.75, 3.05) is 12.0 Å². The lowest BCUT2D eigenvalue weighted by Crippen LogP contribution is -2.42. The summed E-state index contributed by atoms with van der Waals surface area (Å²) < 4.78 is 4.84.